The molecule has 1 atom stereocenters. The van der Waals surface area contributed by atoms with Crippen molar-refractivity contribution in [2.75, 3.05) is 11.4 Å². The molecule has 46 heavy (non-hydrogen) atoms. The molecule has 1 aromatic heterocycles. The number of carbonyl (C=O) groups is 2. The molecule has 0 saturated carbocycles. The van der Waals surface area contributed by atoms with E-state index in [0.29, 0.717) is 27.8 Å². The number of aromatic nitrogens is 1. The van der Waals surface area contributed by atoms with E-state index in [9.17, 15) is 27.9 Å². The second kappa shape index (κ2) is 12.3. The second-order valence-electron chi connectivity index (χ2n) is 14.2. The summed E-state index contributed by atoms with van der Waals surface area (Å²) in [6, 6.07) is 11.2. The van der Waals surface area contributed by atoms with Crippen LogP contribution >= 0.6 is 15.9 Å². The number of benzene rings is 2. The molecule has 1 amide bonds. The predicted octanol–water partition coefficient (Wildman–Crippen LogP) is -1.99. The molecular weight excluding hydrogens is 654 g/mol. The molecule has 234 valence electrons. The summed E-state index contributed by atoms with van der Waals surface area (Å²) in [5.74, 6) is -2.05. The number of pyridine rings is 1. The van der Waals surface area contributed by atoms with E-state index in [1.807, 2.05) is 25.1 Å². The number of anilines is 1. The highest BCUT2D eigenvalue weighted by Gasteiger charge is 2.65. The number of fused-ring (bicyclic) bond motifs is 1. The molecule has 1 aliphatic heterocycles. The number of nitrogens with one attached hydrogen (secondary N) is 1. The van der Waals surface area contributed by atoms with Gasteiger partial charge in [-0.05, 0) is 53.8 Å². The number of alkyl halides is 3. The minimum absolute atomic E-state index is 0.0129. The Morgan fingerprint density at radius 2 is 1.61 bits per heavy atom. The quantitative estimate of drug-likeness (QED) is 0.253. The van der Waals surface area contributed by atoms with Crippen molar-refractivity contribution < 1.29 is 32.6 Å². The van der Waals surface area contributed by atoms with E-state index in [1.54, 1.807) is 6.07 Å². The van der Waals surface area contributed by atoms with Crippen molar-refractivity contribution in [2.45, 2.75) is 53.1 Å². The first-order valence-corrected chi connectivity index (χ1v) is 16.1. The van der Waals surface area contributed by atoms with Gasteiger partial charge in [0.25, 0.3) is 5.91 Å². The minimum Gasteiger partial charge on any atom is -0.481 e. The molecule has 1 fully saturated rings. The van der Waals surface area contributed by atoms with Crippen LogP contribution in [0.5, 0.6) is 5.75 Å². The largest absolute Gasteiger partial charge is 0.573 e. The van der Waals surface area contributed by atoms with Crippen LogP contribution in [0.4, 0.5) is 19.0 Å². The number of hydrogen-bond donors (Lipinski definition) is 2. The third kappa shape index (κ3) is 6.24. The zero-order valence-corrected chi connectivity index (χ0v) is 29.4. The highest BCUT2D eigenvalue weighted by atomic mass is 79.9. The molecule has 2 aromatic carbocycles. The molecular formula is C27H35B8BrF3N3O4. The smallest absolute Gasteiger partial charge is 0.481 e. The molecule has 3 aromatic rings. The summed E-state index contributed by atoms with van der Waals surface area (Å²) in [7, 11) is 17.8. The van der Waals surface area contributed by atoms with Crippen molar-refractivity contribution in [3.63, 3.8) is 0 Å². The summed E-state index contributed by atoms with van der Waals surface area (Å²) < 4.78 is 44.7. The molecule has 19 heteroatoms. The lowest BCUT2D eigenvalue weighted by Gasteiger charge is -2.47. The summed E-state index contributed by atoms with van der Waals surface area (Å²) in [5.41, 5.74) is 1.84. The summed E-state index contributed by atoms with van der Waals surface area (Å²) in [6.07, 6.45) is -5.26. The maximum atomic E-state index is 14.2. The zero-order chi connectivity index (χ0) is 34.6. The Balaban J connectivity index is 1.82. The lowest BCUT2D eigenvalue weighted by atomic mass is 9.17. The van der Waals surface area contributed by atoms with Crippen molar-refractivity contribution in [3.05, 3.63) is 63.6 Å². The first-order chi connectivity index (χ1) is 21.0. The van der Waals surface area contributed by atoms with Crippen molar-refractivity contribution in [2.24, 2.45) is 0 Å². The first-order valence-electron chi connectivity index (χ1n) is 15.3. The number of aliphatic carboxylic acids is 1. The van der Waals surface area contributed by atoms with Crippen LogP contribution in [0.25, 0.3) is 10.9 Å². The number of rotatable bonds is 9. The van der Waals surface area contributed by atoms with Crippen LogP contribution in [0.15, 0.2) is 46.9 Å². The van der Waals surface area contributed by atoms with E-state index < -0.39 is 29.9 Å². The van der Waals surface area contributed by atoms with Crippen LogP contribution in [0, 0.1) is 6.92 Å². The maximum Gasteiger partial charge on any atom is 0.573 e. The number of nitrogens with zero attached hydrogens (tertiary/aromatic N) is 2. The normalized spacial score (nSPS) is 18.6. The predicted molar refractivity (Wildman–Crippen MR) is 201 cm³/mol. The Kier molecular flexibility index (Phi) is 9.65. The Hall–Kier alpha value is -2.82. The third-order valence-electron chi connectivity index (χ3n) is 11.1. The molecule has 2 N–H and O–H groups in total. The van der Waals surface area contributed by atoms with Gasteiger partial charge in [-0.2, -0.15) is 0 Å². The van der Waals surface area contributed by atoms with E-state index in [-0.39, 0.29) is 46.1 Å². The van der Waals surface area contributed by atoms with Crippen molar-refractivity contribution in [1.82, 2.24) is 10.3 Å². The first kappa shape index (κ1) is 36.0. The average Bonchev–Trinajstić information content (AvgIpc) is 2.99. The van der Waals surface area contributed by atoms with E-state index in [0.717, 1.165) is 4.47 Å². The van der Waals surface area contributed by atoms with Crippen LogP contribution in [0.1, 0.15) is 40.2 Å². The molecule has 7 nitrogen and oxygen atoms in total. The minimum atomic E-state index is -4.94. The van der Waals surface area contributed by atoms with Gasteiger partial charge in [-0.25, -0.2) is 4.98 Å². The molecule has 2 heterocycles. The summed E-state index contributed by atoms with van der Waals surface area (Å²) in [5, 5.41) is 11.8. The number of ether oxygens (including phenoxy) is 1. The van der Waals surface area contributed by atoms with Crippen molar-refractivity contribution in [3.8, 4) is 5.75 Å². The number of halogens is 4. The van der Waals surface area contributed by atoms with Crippen LogP contribution in [0.3, 0.4) is 0 Å². The van der Waals surface area contributed by atoms with E-state index in [4.69, 9.17) is 4.98 Å². The fourth-order valence-electron chi connectivity index (χ4n) is 7.15. The topological polar surface area (TPSA) is 91.8 Å². The Bertz CT molecular complexity index is 1670. The van der Waals surface area contributed by atoms with Crippen molar-refractivity contribution >= 4 is 107 Å². The number of carboxylic acid groups (broad SMARTS) is 1. The van der Waals surface area contributed by atoms with Gasteiger partial charge in [0.1, 0.15) is 43.0 Å². The van der Waals surface area contributed by atoms with Crippen LogP contribution in [0.2, 0.25) is 10.4 Å². The summed E-state index contributed by atoms with van der Waals surface area (Å²) >= 11 is 3.52. The van der Waals surface area contributed by atoms with Gasteiger partial charge in [-0.3, -0.25) is 9.59 Å². The standard InChI is InChI=1S/C27H35B8BrF3N3O4/c1-12-20(22(45)40-11-13(6-9-19(43)44)15-4-2-3-5-18(15)46-27(37,38)39)16-10-14(36)7-8-17(16)41-21(12)42-25(32,33)23(28,29)24(30,31)26(42,34)35/h2-5,7-8,10,13H,6,9,11,28-35H2,1H3,(H,40,45)(H,43,44). The van der Waals surface area contributed by atoms with Crippen LogP contribution < -0.4 is 15.0 Å². The van der Waals surface area contributed by atoms with Gasteiger partial charge in [0, 0.05) is 34.3 Å². The van der Waals surface area contributed by atoms with Gasteiger partial charge in [-0.1, -0.05) is 44.6 Å². The summed E-state index contributed by atoms with van der Waals surface area (Å²) in [4.78, 5) is 33.2. The Morgan fingerprint density at radius 1 is 1.02 bits per heavy atom. The fraction of sp³-hybridized carbons (Fsp3) is 0.370. The molecule has 1 saturated heterocycles. The van der Waals surface area contributed by atoms with Gasteiger partial charge < -0.3 is 20.1 Å². The zero-order valence-electron chi connectivity index (χ0n) is 27.8. The number of carboxylic acids is 1. The molecule has 0 radical (unpaired) electrons. The van der Waals surface area contributed by atoms with Gasteiger partial charge in [0.2, 0.25) is 0 Å². The van der Waals surface area contributed by atoms with Crippen molar-refractivity contribution in [1.29, 1.82) is 0 Å². The average molecular weight is 689 g/mol. The van der Waals surface area contributed by atoms with E-state index in [2.05, 4.69) is 93.7 Å². The fourth-order valence-corrected chi connectivity index (χ4v) is 7.51. The Labute approximate surface area is 283 Å². The van der Waals surface area contributed by atoms with Gasteiger partial charge in [-0.15, -0.1) is 13.2 Å². The molecule has 0 spiro atoms. The number of para-hydroxylation sites is 1. The lowest BCUT2D eigenvalue weighted by molar-refractivity contribution is -0.275. The number of carbonyl (C=O) groups excluding carboxylic acids is 1. The van der Waals surface area contributed by atoms with Crippen LogP contribution in [-0.2, 0) is 4.79 Å². The highest BCUT2D eigenvalue weighted by Crippen LogP contribution is 2.64. The van der Waals surface area contributed by atoms with Crippen LogP contribution in [-0.4, -0.2) is 108 Å². The monoisotopic (exact) mass is 689 g/mol. The molecule has 4 rings (SSSR count). The van der Waals surface area contributed by atoms with E-state index >= 15 is 0 Å². The highest BCUT2D eigenvalue weighted by molar-refractivity contribution is 9.10. The van der Waals surface area contributed by atoms with Gasteiger partial charge in [0.15, 0.2) is 0 Å². The lowest BCUT2D eigenvalue weighted by Crippen LogP contribution is -2.60. The second-order valence-corrected chi connectivity index (χ2v) is 15.1. The molecule has 1 aliphatic rings. The molecule has 1 unspecified atom stereocenters. The number of amides is 1. The molecule has 0 bridgehead atoms. The molecule has 0 aliphatic carbocycles. The Morgan fingerprint density at radius 3 is 2.17 bits per heavy atom. The van der Waals surface area contributed by atoms with Gasteiger partial charge >= 0.3 is 12.3 Å². The van der Waals surface area contributed by atoms with Gasteiger partial charge in [0.05, 0.1) is 42.5 Å². The maximum absolute atomic E-state index is 14.2. The SMILES string of the molecule is BC1(B)N(c2nc3ccc(Br)cc3c(C(=O)NCC(CCC(=O)O)c3ccccc3OC(F)(F)F)c2C)C(B)(B)C(B)(B)C1(B)B. The third-order valence-corrected chi connectivity index (χ3v) is 11.6. The van der Waals surface area contributed by atoms with E-state index in [1.165, 1.54) is 18.2 Å². The number of hydrogen-bond acceptors (Lipinski definition) is 5. The summed E-state index contributed by atoms with van der Waals surface area (Å²) in [6.45, 7) is 1.76.